The van der Waals surface area contributed by atoms with Gasteiger partial charge in [0.2, 0.25) is 5.91 Å². The number of carbonyl (C=O) groups excluding carboxylic acids is 1. The topological polar surface area (TPSA) is 55.6 Å². The molecule has 0 aliphatic carbocycles. The third-order valence-corrected chi connectivity index (χ3v) is 2.66. The number of rotatable bonds is 1. The molecule has 1 aliphatic heterocycles. The first-order chi connectivity index (χ1) is 7.22. The number of hydrazine groups is 1. The monoisotopic (exact) mass is 206 g/mol. The first-order valence-corrected chi connectivity index (χ1v) is 4.97. The molecule has 80 valence electrons. The number of amides is 1. The molecule has 0 radical (unpaired) electrons. The molecule has 0 atom stereocenters. The van der Waals surface area contributed by atoms with E-state index in [-0.39, 0.29) is 5.91 Å². The lowest BCUT2D eigenvalue weighted by molar-refractivity contribution is -0.118. The van der Waals surface area contributed by atoms with Crippen LogP contribution < -0.4 is 15.6 Å². The zero-order chi connectivity index (χ0) is 10.8. The SMILES string of the molecule is COc1ccc2c(c1)N(N)C(=O)CCC2. The standard InChI is InChI=1S/C11H14N2O2/c1-15-9-6-5-8-3-2-4-11(14)13(12)10(8)7-9/h5-7H,2-4,12H2,1H3. The van der Waals surface area contributed by atoms with E-state index in [1.807, 2.05) is 12.1 Å². The maximum absolute atomic E-state index is 11.5. The minimum atomic E-state index is -0.0398. The molecule has 0 saturated carbocycles. The molecule has 2 rings (SSSR count). The van der Waals surface area contributed by atoms with E-state index in [0.29, 0.717) is 6.42 Å². The van der Waals surface area contributed by atoms with Crippen molar-refractivity contribution < 1.29 is 9.53 Å². The first kappa shape index (κ1) is 9.98. The predicted octanol–water partition coefficient (Wildman–Crippen LogP) is 1.24. The van der Waals surface area contributed by atoms with Gasteiger partial charge in [-0.15, -0.1) is 0 Å². The molecule has 0 aromatic heterocycles. The van der Waals surface area contributed by atoms with E-state index >= 15 is 0 Å². The number of nitrogens with zero attached hydrogens (tertiary/aromatic N) is 1. The molecule has 1 aromatic carbocycles. The van der Waals surface area contributed by atoms with Crippen molar-refractivity contribution in [2.75, 3.05) is 12.1 Å². The van der Waals surface area contributed by atoms with Gasteiger partial charge in [-0.2, -0.15) is 0 Å². The summed E-state index contributed by atoms with van der Waals surface area (Å²) in [6.45, 7) is 0. The summed E-state index contributed by atoms with van der Waals surface area (Å²) in [6.07, 6.45) is 2.25. The van der Waals surface area contributed by atoms with Gasteiger partial charge in [0, 0.05) is 12.5 Å². The lowest BCUT2D eigenvalue weighted by Crippen LogP contribution is -2.36. The number of anilines is 1. The zero-order valence-electron chi connectivity index (χ0n) is 8.69. The molecule has 4 heteroatoms. The summed E-state index contributed by atoms with van der Waals surface area (Å²) < 4.78 is 5.11. The Labute approximate surface area is 88.6 Å². The summed E-state index contributed by atoms with van der Waals surface area (Å²) >= 11 is 0. The van der Waals surface area contributed by atoms with Gasteiger partial charge in [0.1, 0.15) is 5.75 Å². The van der Waals surface area contributed by atoms with Crippen molar-refractivity contribution in [3.8, 4) is 5.75 Å². The fraction of sp³-hybridized carbons (Fsp3) is 0.364. The Morgan fingerprint density at radius 1 is 1.40 bits per heavy atom. The molecule has 0 fully saturated rings. The first-order valence-electron chi connectivity index (χ1n) is 4.97. The van der Waals surface area contributed by atoms with Gasteiger partial charge >= 0.3 is 0 Å². The van der Waals surface area contributed by atoms with Crippen LogP contribution >= 0.6 is 0 Å². The maximum atomic E-state index is 11.5. The predicted molar refractivity (Wildman–Crippen MR) is 57.6 cm³/mol. The van der Waals surface area contributed by atoms with Gasteiger partial charge in [-0.3, -0.25) is 4.79 Å². The van der Waals surface area contributed by atoms with Gasteiger partial charge in [0.25, 0.3) is 0 Å². The van der Waals surface area contributed by atoms with Gasteiger partial charge < -0.3 is 4.74 Å². The van der Waals surface area contributed by atoms with Crippen molar-refractivity contribution in [3.63, 3.8) is 0 Å². The molecule has 0 unspecified atom stereocenters. The van der Waals surface area contributed by atoms with Crippen LogP contribution in [-0.2, 0) is 11.2 Å². The van der Waals surface area contributed by atoms with Crippen molar-refractivity contribution >= 4 is 11.6 Å². The van der Waals surface area contributed by atoms with E-state index < -0.39 is 0 Å². The number of fused-ring (bicyclic) bond motifs is 1. The lowest BCUT2D eigenvalue weighted by Gasteiger charge is -2.17. The highest BCUT2D eigenvalue weighted by Gasteiger charge is 2.19. The molecule has 0 saturated heterocycles. The average molecular weight is 206 g/mol. The molecular weight excluding hydrogens is 192 g/mol. The number of aryl methyl sites for hydroxylation is 1. The third kappa shape index (κ3) is 1.80. The Morgan fingerprint density at radius 3 is 2.93 bits per heavy atom. The van der Waals surface area contributed by atoms with Gasteiger partial charge in [0.15, 0.2) is 0 Å². The Kier molecular flexibility index (Phi) is 2.60. The Bertz CT molecular complexity index is 390. The quantitative estimate of drug-likeness (QED) is 0.555. The van der Waals surface area contributed by atoms with Crippen LogP contribution in [0.1, 0.15) is 18.4 Å². The number of ether oxygens (including phenoxy) is 1. The second kappa shape index (κ2) is 3.90. The fourth-order valence-electron chi connectivity index (χ4n) is 1.79. The molecule has 1 aliphatic rings. The number of hydrogen-bond donors (Lipinski definition) is 1. The van der Waals surface area contributed by atoms with Gasteiger partial charge in [0.05, 0.1) is 12.8 Å². The smallest absolute Gasteiger partial charge is 0.241 e. The highest BCUT2D eigenvalue weighted by Crippen LogP contribution is 2.28. The van der Waals surface area contributed by atoms with E-state index in [4.69, 9.17) is 10.6 Å². The number of benzene rings is 1. The number of nitrogens with two attached hydrogens (primary N) is 1. The fourth-order valence-corrected chi connectivity index (χ4v) is 1.79. The number of carbonyl (C=O) groups is 1. The average Bonchev–Trinajstić information content (AvgIpc) is 2.40. The van der Waals surface area contributed by atoms with Crippen molar-refractivity contribution in [2.45, 2.75) is 19.3 Å². The van der Waals surface area contributed by atoms with Crippen LogP contribution in [-0.4, -0.2) is 13.0 Å². The van der Waals surface area contributed by atoms with Crippen LogP contribution in [0.5, 0.6) is 5.75 Å². The zero-order valence-corrected chi connectivity index (χ0v) is 8.69. The Hall–Kier alpha value is -1.55. The van der Waals surface area contributed by atoms with E-state index in [2.05, 4.69) is 0 Å². The minimum absolute atomic E-state index is 0.0398. The second-order valence-corrected chi connectivity index (χ2v) is 3.61. The summed E-state index contributed by atoms with van der Waals surface area (Å²) in [6, 6.07) is 5.66. The molecular formula is C11H14N2O2. The molecule has 15 heavy (non-hydrogen) atoms. The van der Waals surface area contributed by atoms with Crippen LogP contribution in [0.4, 0.5) is 5.69 Å². The maximum Gasteiger partial charge on any atom is 0.241 e. The van der Waals surface area contributed by atoms with E-state index in [1.54, 1.807) is 13.2 Å². The Morgan fingerprint density at radius 2 is 2.20 bits per heavy atom. The molecule has 1 heterocycles. The molecule has 0 spiro atoms. The van der Waals surface area contributed by atoms with Crippen LogP contribution in [0.25, 0.3) is 0 Å². The minimum Gasteiger partial charge on any atom is -0.497 e. The second-order valence-electron chi connectivity index (χ2n) is 3.61. The highest BCUT2D eigenvalue weighted by molar-refractivity contribution is 5.93. The summed E-state index contributed by atoms with van der Waals surface area (Å²) in [7, 11) is 1.60. The van der Waals surface area contributed by atoms with Crippen molar-refractivity contribution in [3.05, 3.63) is 23.8 Å². The largest absolute Gasteiger partial charge is 0.497 e. The van der Waals surface area contributed by atoms with Gasteiger partial charge in [-0.1, -0.05) is 6.07 Å². The molecule has 2 N–H and O–H groups in total. The highest BCUT2D eigenvalue weighted by atomic mass is 16.5. The number of hydrogen-bond acceptors (Lipinski definition) is 3. The van der Waals surface area contributed by atoms with Crippen molar-refractivity contribution in [2.24, 2.45) is 5.84 Å². The molecule has 4 nitrogen and oxygen atoms in total. The van der Waals surface area contributed by atoms with Crippen LogP contribution in [0.3, 0.4) is 0 Å². The van der Waals surface area contributed by atoms with E-state index in [0.717, 1.165) is 29.8 Å². The van der Waals surface area contributed by atoms with E-state index in [1.165, 1.54) is 5.01 Å². The van der Waals surface area contributed by atoms with Gasteiger partial charge in [-0.25, -0.2) is 10.9 Å². The van der Waals surface area contributed by atoms with Crippen molar-refractivity contribution in [1.29, 1.82) is 0 Å². The van der Waals surface area contributed by atoms with Crippen LogP contribution in [0.15, 0.2) is 18.2 Å². The van der Waals surface area contributed by atoms with Crippen LogP contribution in [0, 0.1) is 0 Å². The van der Waals surface area contributed by atoms with Crippen molar-refractivity contribution in [1.82, 2.24) is 0 Å². The van der Waals surface area contributed by atoms with Crippen LogP contribution in [0.2, 0.25) is 0 Å². The normalized spacial score (nSPS) is 15.9. The molecule has 1 aromatic rings. The summed E-state index contributed by atoms with van der Waals surface area (Å²) in [5.74, 6) is 6.42. The lowest BCUT2D eigenvalue weighted by atomic mass is 10.1. The number of methoxy groups -OCH3 is 1. The molecule has 0 bridgehead atoms. The van der Waals surface area contributed by atoms with E-state index in [9.17, 15) is 4.79 Å². The Balaban J connectivity index is 2.45. The molecule has 1 amide bonds. The van der Waals surface area contributed by atoms with Gasteiger partial charge in [-0.05, 0) is 24.5 Å². The summed E-state index contributed by atoms with van der Waals surface area (Å²) in [4.78, 5) is 11.5. The third-order valence-electron chi connectivity index (χ3n) is 2.66. The summed E-state index contributed by atoms with van der Waals surface area (Å²) in [5, 5.41) is 1.23. The summed E-state index contributed by atoms with van der Waals surface area (Å²) in [5.41, 5.74) is 1.86.